The second-order valence-corrected chi connectivity index (χ2v) is 4.94. The molecule has 1 aromatic carbocycles. The van der Waals surface area contributed by atoms with Gasteiger partial charge in [-0.3, -0.25) is 19.6 Å². The number of carboxylic acid groups (broad SMARTS) is 1. The van der Waals surface area contributed by atoms with Crippen molar-refractivity contribution in [3.05, 3.63) is 42.9 Å². The number of carbonyl (C=O) groups is 2. The first-order valence-corrected chi connectivity index (χ1v) is 6.55. The number of carboxylic acids is 1. The summed E-state index contributed by atoms with van der Waals surface area (Å²) in [6.45, 7) is 0. The molecule has 6 heteroatoms. The van der Waals surface area contributed by atoms with Gasteiger partial charge in [-0.05, 0) is 18.6 Å². The lowest BCUT2D eigenvalue weighted by Crippen LogP contribution is -2.16. The molecule has 6 nitrogen and oxygen atoms in total. The number of hydrogen-bond acceptors (Lipinski definition) is 4. The fourth-order valence-electron chi connectivity index (χ4n) is 2.17. The maximum Gasteiger partial charge on any atom is 0.307 e. The Morgan fingerprint density at radius 3 is 2.48 bits per heavy atom. The third-order valence-corrected chi connectivity index (χ3v) is 3.46. The van der Waals surface area contributed by atoms with Crippen molar-refractivity contribution in [2.75, 3.05) is 5.32 Å². The van der Waals surface area contributed by atoms with Crippen LogP contribution in [0.15, 0.2) is 42.9 Å². The molecule has 1 amide bonds. The molecule has 0 saturated heterocycles. The second-order valence-electron chi connectivity index (χ2n) is 4.94. The molecule has 2 aromatic rings. The van der Waals surface area contributed by atoms with Crippen molar-refractivity contribution in [1.29, 1.82) is 0 Å². The SMILES string of the molecule is O=C(O)[C@@H]1C[C@H]1C(=O)Nc1ccc(-c2cnccn2)cc1. The van der Waals surface area contributed by atoms with E-state index in [2.05, 4.69) is 15.3 Å². The number of rotatable bonds is 4. The summed E-state index contributed by atoms with van der Waals surface area (Å²) in [5, 5.41) is 11.5. The van der Waals surface area contributed by atoms with Crippen LogP contribution >= 0.6 is 0 Å². The van der Waals surface area contributed by atoms with Gasteiger partial charge in [0.25, 0.3) is 0 Å². The Morgan fingerprint density at radius 1 is 1.14 bits per heavy atom. The highest BCUT2D eigenvalue weighted by Gasteiger charge is 2.48. The van der Waals surface area contributed by atoms with E-state index in [1.165, 1.54) is 0 Å². The zero-order chi connectivity index (χ0) is 14.8. The molecule has 3 rings (SSSR count). The average Bonchev–Trinajstić information content (AvgIpc) is 3.30. The van der Waals surface area contributed by atoms with Crippen molar-refractivity contribution in [3.8, 4) is 11.3 Å². The molecule has 1 aromatic heterocycles. The summed E-state index contributed by atoms with van der Waals surface area (Å²) in [6, 6.07) is 7.20. The van der Waals surface area contributed by atoms with Crippen LogP contribution in [0.3, 0.4) is 0 Å². The molecule has 0 unspecified atom stereocenters. The first kappa shape index (κ1) is 13.2. The Kier molecular flexibility index (Phi) is 3.35. The van der Waals surface area contributed by atoms with E-state index in [4.69, 9.17) is 5.11 Å². The van der Waals surface area contributed by atoms with Crippen LogP contribution in [0, 0.1) is 11.8 Å². The van der Waals surface area contributed by atoms with E-state index in [1.54, 1.807) is 30.7 Å². The zero-order valence-electron chi connectivity index (χ0n) is 11.1. The van der Waals surface area contributed by atoms with E-state index < -0.39 is 17.8 Å². The zero-order valence-corrected chi connectivity index (χ0v) is 11.1. The van der Waals surface area contributed by atoms with Crippen LogP contribution in [0.1, 0.15) is 6.42 Å². The fraction of sp³-hybridized carbons (Fsp3) is 0.200. The van der Waals surface area contributed by atoms with Gasteiger partial charge in [-0.15, -0.1) is 0 Å². The molecule has 2 N–H and O–H groups in total. The monoisotopic (exact) mass is 283 g/mol. The van der Waals surface area contributed by atoms with Gasteiger partial charge in [-0.25, -0.2) is 0 Å². The highest BCUT2D eigenvalue weighted by atomic mass is 16.4. The number of benzene rings is 1. The largest absolute Gasteiger partial charge is 0.481 e. The number of aliphatic carboxylic acids is 1. The highest BCUT2D eigenvalue weighted by molar-refractivity contribution is 5.98. The van der Waals surface area contributed by atoms with Crippen LogP contribution in [0.4, 0.5) is 5.69 Å². The topological polar surface area (TPSA) is 92.2 Å². The predicted octanol–water partition coefficient (Wildman–Crippen LogP) is 1.80. The minimum atomic E-state index is -0.909. The molecule has 1 saturated carbocycles. The van der Waals surface area contributed by atoms with Crippen LogP contribution in [0.5, 0.6) is 0 Å². The molecule has 21 heavy (non-hydrogen) atoms. The summed E-state index contributed by atoms with van der Waals surface area (Å²) in [7, 11) is 0. The van der Waals surface area contributed by atoms with Crippen LogP contribution in [0.2, 0.25) is 0 Å². The maximum absolute atomic E-state index is 11.8. The third kappa shape index (κ3) is 2.89. The van der Waals surface area contributed by atoms with Crippen LogP contribution in [0.25, 0.3) is 11.3 Å². The molecule has 1 fully saturated rings. The van der Waals surface area contributed by atoms with Crippen molar-refractivity contribution in [2.24, 2.45) is 11.8 Å². The number of nitrogens with one attached hydrogen (secondary N) is 1. The van der Waals surface area contributed by atoms with Crippen LogP contribution < -0.4 is 5.32 Å². The van der Waals surface area contributed by atoms with E-state index in [0.717, 1.165) is 11.3 Å². The number of anilines is 1. The molecular formula is C15H13N3O3. The molecule has 1 aliphatic rings. The van der Waals surface area contributed by atoms with Gasteiger partial charge in [-0.2, -0.15) is 0 Å². The van der Waals surface area contributed by atoms with Crippen molar-refractivity contribution in [1.82, 2.24) is 9.97 Å². The standard InChI is InChI=1S/C15H13N3O3/c19-14(11-7-12(11)15(20)21)18-10-3-1-9(2-4-10)13-8-16-5-6-17-13/h1-6,8,11-12H,7H2,(H,18,19)(H,20,21)/t11-,12-/m1/s1. The second kappa shape index (κ2) is 5.32. The van der Waals surface area contributed by atoms with E-state index in [9.17, 15) is 9.59 Å². The molecule has 106 valence electrons. The molecule has 1 heterocycles. The Hall–Kier alpha value is -2.76. The van der Waals surface area contributed by atoms with Gasteiger partial charge < -0.3 is 10.4 Å². The highest BCUT2D eigenvalue weighted by Crippen LogP contribution is 2.39. The Morgan fingerprint density at radius 2 is 1.90 bits per heavy atom. The van der Waals surface area contributed by atoms with Crippen molar-refractivity contribution in [3.63, 3.8) is 0 Å². The van der Waals surface area contributed by atoms with E-state index >= 15 is 0 Å². The summed E-state index contributed by atoms with van der Waals surface area (Å²) in [4.78, 5) is 30.8. The molecule has 1 aliphatic carbocycles. The lowest BCUT2D eigenvalue weighted by Gasteiger charge is -2.05. The van der Waals surface area contributed by atoms with Gasteiger partial charge in [0.15, 0.2) is 0 Å². The fourth-order valence-corrected chi connectivity index (χ4v) is 2.17. The lowest BCUT2D eigenvalue weighted by molar-refractivity contribution is -0.139. The predicted molar refractivity (Wildman–Crippen MR) is 75.3 cm³/mol. The quantitative estimate of drug-likeness (QED) is 0.892. The van der Waals surface area contributed by atoms with Gasteiger partial charge in [0, 0.05) is 23.6 Å². The smallest absolute Gasteiger partial charge is 0.307 e. The van der Waals surface area contributed by atoms with Crippen LogP contribution in [-0.4, -0.2) is 27.0 Å². The van der Waals surface area contributed by atoms with Gasteiger partial charge in [0.1, 0.15) is 0 Å². The maximum atomic E-state index is 11.8. The normalized spacial score (nSPS) is 19.8. The van der Waals surface area contributed by atoms with Crippen molar-refractivity contribution >= 4 is 17.6 Å². The molecule has 0 spiro atoms. The molecular weight excluding hydrogens is 270 g/mol. The van der Waals surface area contributed by atoms with Gasteiger partial charge in [-0.1, -0.05) is 12.1 Å². The summed E-state index contributed by atoms with van der Waals surface area (Å²) in [5.74, 6) is -2.10. The third-order valence-electron chi connectivity index (χ3n) is 3.46. The first-order valence-electron chi connectivity index (χ1n) is 6.55. The van der Waals surface area contributed by atoms with E-state index in [1.807, 2.05) is 12.1 Å². The minimum Gasteiger partial charge on any atom is -0.481 e. The molecule has 0 bridgehead atoms. The van der Waals surface area contributed by atoms with Gasteiger partial charge in [0.05, 0.1) is 23.7 Å². The minimum absolute atomic E-state index is 0.241. The van der Waals surface area contributed by atoms with Gasteiger partial charge in [0.2, 0.25) is 5.91 Å². The lowest BCUT2D eigenvalue weighted by atomic mass is 10.1. The number of carbonyl (C=O) groups excluding carboxylic acids is 1. The molecule has 0 radical (unpaired) electrons. The van der Waals surface area contributed by atoms with Crippen molar-refractivity contribution in [2.45, 2.75) is 6.42 Å². The summed E-state index contributed by atoms with van der Waals surface area (Å²) < 4.78 is 0. The number of aromatic nitrogens is 2. The summed E-state index contributed by atoms with van der Waals surface area (Å²) >= 11 is 0. The van der Waals surface area contributed by atoms with Gasteiger partial charge >= 0.3 is 5.97 Å². The molecule has 2 atom stereocenters. The average molecular weight is 283 g/mol. The number of amides is 1. The summed E-state index contributed by atoms with van der Waals surface area (Å²) in [6.07, 6.45) is 5.30. The Balaban J connectivity index is 1.65. The van der Waals surface area contributed by atoms with E-state index in [0.29, 0.717) is 12.1 Å². The van der Waals surface area contributed by atoms with Crippen LogP contribution in [-0.2, 0) is 9.59 Å². The number of nitrogens with zero attached hydrogens (tertiary/aromatic N) is 2. The number of hydrogen-bond donors (Lipinski definition) is 2. The van der Waals surface area contributed by atoms with Crippen molar-refractivity contribution < 1.29 is 14.7 Å². The Bertz CT molecular complexity index is 670. The summed E-state index contributed by atoms with van der Waals surface area (Å²) in [5.41, 5.74) is 2.29. The van der Waals surface area contributed by atoms with E-state index in [-0.39, 0.29) is 5.91 Å². The Labute approximate surface area is 120 Å². The molecule has 0 aliphatic heterocycles. The first-order chi connectivity index (χ1) is 10.1.